The van der Waals surface area contributed by atoms with E-state index in [9.17, 15) is 4.79 Å². The lowest BCUT2D eigenvalue weighted by Gasteiger charge is -2.11. The first-order chi connectivity index (χ1) is 14.7. The molecule has 0 saturated heterocycles. The highest BCUT2D eigenvalue weighted by atomic mass is 16.5. The highest BCUT2D eigenvalue weighted by Crippen LogP contribution is 2.40. The van der Waals surface area contributed by atoms with Gasteiger partial charge in [0, 0.05) is 30.9 Å². The summed E-state index contributed by atoms with van der Waals surface area (Å²) in [6.45, 7) is 3.70. The first-order valence-corrected chi connectivity index (χ1v) is 11.4. The second kappa shape index (κ2) is 8.25. The predicted octanol–water partition coefficient (Wildman–Crippen LogP) is 5.87. The van der Waals surface area contributed by atoms with Gasteiger partial charge in [0.25, 0.3) is 0 Å². The van der Waals surface area contributed by atoms with Crippen LogP contribution in [0.25, 0.3) is 10.9 Å². The first-order valence-electron chi connectivity index (χ1n) is 11.4. The molecule has 4 nitrogen and oxygen atoms in total. The van der Waals surface area contributed by atoms with Gasteiger partial charge in [-0.25, -0.2) is 4.79 Å². The number of ether oxygens (including phenoxy) is 1. The van der Waals surface area contributed by atoms with E-state index in [0.717, 1.165) is 31.0 Å². The summed E-state index contributed by atoms with van der Waals surface area (Å²) in [5, 5.41) is 1.26. The molecule has 0 radical (unpaired) electrons. The van der Waals surface area contributed by atoms with Crippen LogP contribution in [0.4, 0.5) is 0 Å². The number of rotatable bonds is 9. The summed E-state index contributed by atoms with van der Waals surface area (Å²) in [7, 11) is 0. The SMILES string of the molecule is CCCCOC(=O)c1cc(C2CC2)cnc1Cc1ccc2c(ccn2CC2CC2)c1. The van der Waals surface area contributed by atoms with Gasteiger partial charge < -0.3 is 9.30 Å². The van der Waals surface area contributed by atoms with Gasteiger partial charge in [-0.15, -0.1) is 0 Å². The van der Waals surface area contributed by atoms with E-state index in [-0.39, 0.29) is 5.97 Å². The summed E-state index contributed by atoms with van der Waals surface area (Å²) < 4.78 is 7.91. The van der Waals surface area contributed by atoms with Gasteiger partial charge in [-0.1, -0.05) is 19.4 Å². The number of unbranched alkanes of at least 4 members (excludes halogenated alkanes) is 1. The molecule has 156 valence electrons. The lowest BCUT2D eigenvalue weighted by molar-refractivity contribution is 0.0498. The number of esters is 1. The third-order valence-electron chi connectivity index (χ3n) is 6.35. The van der Waals surface area contributed by atoms with Crippen molar-refractivity contribution in [3.63, 3.8) is 0 Å². The van der Waals surface area contributed by atoms with Crippen molar-refractivity contribution in [3.8, 4) is 0 Å². The Bertz CT molecular complexity index is 1060. The van der Waals surface area contributed by atoms with Crippen LogP contribution in [0.3, 0.4) is 0 Å². The van der Waals surface area contributed by atoms with Crippen molar-refractivity contribution in [2.24, 2.45) is 5.92 Å². The van der Waals surface area contributed by atoms with Crippen LogP contribution in [0.15, 0.2) is 42.7 Å². The molecule has 0 unspecified atom stereocenters. The molecule has 2 saturated carbocycles. The van der Waals surface area contributed by atoms with Gasteiger partial charge in [0.1, 0.15) is 0 Å². The number of pyridine rings is 1. The zero-order chi connectivity index (χ0) is 20.5. The van der Waals surface area contributed by atoms with Gasteiger partial charge in [-0.05, 0) is 84.7 Å². The van der Waals surface area contributed by atoms with Crippen molar-refractivity contribution in [3.05, 3.63) is 65.1 Å². The van der Waals surface area contributed by atoms with Crippen molar-refractivity contribution < 1.29 is 9.53 Å². The van der Waals surface area contributed by atoms with Crippen LogP contribution in [0.2, 0.25) is 0 Å². The fourth-order valence-electron chi connectivity index (χ4n) is 4.14. The van der Waals surface area contributed by atoms with Crippen LogP contribution in [-0.4, -0.2) is 22.1 Å². The molecule has 2 aliphatic carbocycles. The second-order valence-electron chi connectivity index (χ2n) is 9.01. The van der Waals surface area contributed by atoms with Crippen LogP contribution < -0.4 is 0 Å². The Morgan fingerprint density at radius 3 is 2.80 bits per heavy atom. The van der Waals surface area contributed by atoms with Crippen LogP contribution in [0, 0.1) is 5.92 Å². The van der Waals surface area contributed by atoms with Crippen molar-refractivity contribution in [1.29, 1.82) is 0 Å². The van der Waals surface area contributed by atoms with Crippen molar-refractivity contribution in [2.75, 3.05) is 6.61 Å². The Kier molecular flexibility index (Phi) is 5.32. The van der Waals surface area contributed by atoms with Crippen LogP contribution in [0.1, 0.15) is 78.5 Å². The van der Waals surface area contributed by atoms with Crippen LogP contribution >= 0.6 is 0 Å². The molecule has 0 N–H and O–H groups in total. The largest absolute Gasteiger partial charge is 0.462 e. The summed E-state index contributed by atoms with van der Waals surface area (Å²) in [4.78, 5) is 17.5. The molecule has 0 amide bonds. The quantitative estimate of drug-likeness (QED) is 0.332. The Labute approximate surface area is 178 Å². The Morgan fingerprint density at radius 2 is 2.03 bits per heavy atom. The number of hydrogen-bond acceptors (Lipinski definition) is 3. The maximum atomic E-state index is 12.8. The second-order valence-corrected chi connectivity index (χ2v) is 9.01. The Hall–Kier alpha value is -2.62. The minimum absolute atomic E-state index is 0.231. The molecular formula is C26H30N2O2. The molecule has 2 fully saturated rings. The summed E-state index contributed by atoms with van der Waals surface area (Å²) >= 11 is 0. The van der Waals surface area contributed by atoms with Gasteiger partial charge >= 0.3 is 5.97 Å². The van der Waals surface area contributed by atoms with E-state index in [1.165, 1.54) is 47.7 Å². The molecule has 2 aliphatic rings. The highest BCUT2D eigenvalue weighted by molar-refractivity contribution is 5.91. The Balaban J connectivity index is 1.39. The van der Waals surface area contributed by atoms with E-state index in [2.05, 4.69) is 42.0 Å². The van der Waals surface area contributed by atoms with Crippen LogP contribution in [0.5, 0.6) is 0 Å². The molecule has 0 bridgehead atoms. The smallest absolute Gasteiger partial charge is 0.340 e. The average Bonchev–Trinajstić information content (AvgIpc) is 3.67. The standard InChI is InChI=1S/C26H30N2O2/c1-2-3-12-30-26(29)23-15-22(20-7-8-20)16-27-24(23)14-19-6-9-25-21(13-19)10-11-28(25)17-18-4-5-18/h6,9-11,13,15-16,18,20H,2-5,7-8,12,14,17H2,1H3. The van der Waals surface area contributed by atoms with E-state index >= 15 is 0 Å². The summed E-state index contributed by atoms with van der Waals surface area (Å²) in [5.74, 6) is 1.19. The van der Waals surface area contributed by atoms with Gasteiger partial charge in [0.15, 0.2) is 0 Å². The summed E-state index contributed by atoms with van der Waals surface area (Å²) in [6.07, 6.45) is 11.8. The van der Waals surface area contributed by atoms with Crippen molar-refractivity contribution >= 4 is 16.9 Å². The molecule has 3 aromatic rings. The number of fused-ring (bicyclic) bond motifs is 1. The fraction of sp³-hybridized carbons (Fsp3) is 0.462. The van der Waals surface area contributed by atoms with Crippen LogP contribution in [-0.2, 0) is 17.7 Å². The van der Waals surface area contributed by atoms with E-state index in [1.807, 2.05) is 12.3 Å². The molecule has 4 heteroatoms. The number of benzene rings is 1. The molecule has 0 atom stereocenters. The zero-order valence-corrected chi connectivity index (χ0v) is 17.8. The molecule has 0 aliphatic heterocycles. The lowest BCUT2D eigenvalue weighted by Crippen LogP contribution is -2.12. The van der Waals surface area contributed by atoms with Crippen molar-refractivity contribution in [2.45, 2.75) is 64.3 Å². The fourth-order valence-corrected chi connectivity index (χ4v) is 4.14. The average molecular weight is 403 g/mol. The third-order valence-corrected chi connectivity index (χ3v) is 6.35. The van der Waals surface area contributed by atoms with E-state index in [4.69, 9.17) is 9.72 Å². The lowest BCUT2D eigenvalue weighted by atomic mass is 10.0. The predicted molar refractivity (Wildman–Crippen MR) is 119 cm³/mol. The topological polar surface area (TPSA) is 44.1 Å². The number of nitrogens with zero attached hydrogens (tertiary/aromatic N) is 2. The minimum atomic E-state index is -0.231. The third kappa shape index (κ3) is 4.28. The molecular weight excluding hydrogens is 372 g/mol. The number of carbonyl (C=O) groups is 1. The number of carbonyl (C=O) groups excluding carboxylic acids is 1. The van der Waals surface area contributed by atoms with E-state index in [0.29, 0.717) is 24.5 Å². The number of aromatic nitrogens is 2. The van der Waals surface area contributed by atoms with E-state index < -0.39 is 0 Å². The molecule has 30 heavy (non-hydrogen) atoms. The molecule has 1 aromatic carbocycles. The first kappa shape index (κ1) is 19.3. The van der Waals surface area contributed by atoms with Crippen molar-refractivity contribution in [1.82, 2.24) is 9.55 Å². The maximum Gasteiger partial charge on any atom is 0.340 e. The Morgan fingerprint density at radius 1 is 1.17 bits per heavy atom. The normalized spacial score (nSPS) is 16.2. The zero-order valence-electron chi connectivity index (χ0n) is 17.8. The van der Waals surface area contributed by atoms with Gasteiger partial charge in [0.2, 0.25) is 0 Å². The van der Waals surface area contributed by atoms with Gasteiger partial charge in [-0.3, -0.25) is 4.98 Å². The molecule has 2 heterocycles. The molecule has 0 spiro atoms. The molecule has 2 aromatic heterocycles. The summed E-state index contributed by atoms with van der Waals surface area (Å²) in [6, 6.07) is 10.9. The van der Waals surface area contributed by atoms with Gasteiger partial charge in [-0.2, -0.15) is 0 Å². The summed E-state index contributed by atoms with van der Waals surface area (Å²) in [5.41, 5.74) is 5.11. The molecule has 5 rings (SSSR count). The monoisotopic (exact) mass is 402 g/mol. The highest BCUT2D eigenvalue weighted by Gasteiger charge is 2.26. The minimum Gasteiger partial charge on any atom is -0.462 e. The van der Waals surface area contributed by atoms with E-state index in [1.54, 1.807) is 0 Å². The number of hydrogen-bond donors (Lipinski definition) is 0. The maximum absolute atomic E-state index is 12.8. The van der Waals surface area contributed by atoms with Gasteiger partial charge in [0.05, 0.1) is 17.9 Å².